The summed E-state index contributed by atoms with van der Waals surface area (Å²) in [6.07, 6.45) is -0.912. The molecule has 0 aromatic heterocycles. The van der Waals surface area contributed by atoms with E-state index in [4.69, 9.17) is 34.8 Å². The van der Waals surface area contributed by atoms with Crippen LogP contribution in [0.1, 0.15) is 26.3 Å². The molecule has 3 unspecified atom stereocenters. The summed E-state index contributed by atoms with van der Waals surface area (Å²) < 4.78 is 29.2. The van der Waals surface area contributed by atoms with Crippen molar-refractivity contribution in [1.29, 1.82) is 0 Å². The van der Waals surface area contributed by atoms with Gasteiger partial charge in [-0.25, -0.2) is 8.42 Å². The minimum Gasteiger partial charge on any atom is -0.343 e. The second kappa shape index (κ2) is 11.0. The minimum atomic E-state index is -4.33. The molecule has 13 heteroatoms. The number of fused-ring (bicyclic) bond motifs is 1. The molecule has 3 atom stereocenters. The molecule has 204 valence electrons. The third kappa shape index (κ3) is 5.51. The second-order valence-corrected chi connectivity index (χ2v) is 12.7. The third-order valence-corrected chi connectivity index (χ3v) is 9.49. The average molecular weight is 602 g/mol. The van der Waals surface area contributed by atoms with Crippen LogP contribution in [-0.2, 0) is 30.8 Å². The molecular formula is C25H27Cl3N4O5S. The number of hydrogen-bond acceptors (Lipinski definition) is 5. The van der Waals surface area contributed by atoms with Crippen LogP contribution in [0.3, 0.4) is 0 Å². The molecule has 0 spiro atoms. The van der Waals surface area contributed by atoms with Crippen molar-refractivity contribution in [3.05, 3.63) is 63.1 Å². The Labute approximate surface area is 236 Å². The van der Waals surface area contributed by atoms with Gasteiger partial charge in [0.25, 0.3) is 0 Å². The quantitative estimate of drug-likeness (QED) is 0.548. The van der Waals surface area contributed by atoms with Crippen LogP contribution in [0.25, 0.3) is 0 Å². The SMILES string of the molecule is CC(=O)NC1CN(S(=O)(=O)c2cc(Cl)ccc2Cl)C2CN(C(C)C)C(=O)C(Cc3ccc(Cl)cc3)N2C1=O. The molecule has 0 saturated carbocycles. The van der Waals surface area contributed by atoms with Gasteiger partial charge in [0.15, 0.2) is 0 Å². The van der Waals surface area contributed by atoms with Crippen LogP contribution in [0.15, 0.2) is 47.4 Å². The lowest BCUT2D eigenvalue weighted by atomic mass is 9.96. The van der Waals surface area contributed by atoms with Crippen LogP contribution in [0.2, 0.25) is 15.1 Å². The summed E-state index contributed by atoms with van der Waals surface area (Å²) >= 11 is 18.4. The summed E-state index contributed by atoms with van der Waals surface area (Å²) in [6.45, 7) is 4.50. The Morgan fingerprint density at radius 3 is 2.24 bits per heavy atom. The van der Waals surface area contributed by atoms with E-state index < -0.39 is 40.1 Å². The Morgan fingerprint density at radius 2 is 1.63 bits per heavy atom. The van der Waals surface area contributed by atoms with E-state index >= 15 is 0 Å². The minimum absolute atomic E-state index is 0.0424. The Morgan fingerprint density at radius 1 is 1.00 bits per heavy atom. The summed E-state index contributed by atoms with van der Waals surface area (Å²) in [7, 11) is -4.33. The lowest BCUT2D eigenvalue weighted by molar-refractivity contribution is -0.169. The molecule has 4 rings (SSSR count). The lowest BCUT2D eigenvalue weighted by Gasteiger charge is -2.54. The molecule has 1 N–H and O–H groups in total. The molecule has 38 heavy (non-hydrogen) atoms. The van der Waals surface area contributed by atoms with Gasteiger partial charge in [-0.2, -0.15) is 4.31 Å². The first kappa shape index (κ1) is 28.6. The molecule has 2 saturated heterocycles. The Balaban J connectivity index is 1.85. The highest BCUT2D eigenvalue weighted by Crippen LogP contribution is 2.35. The smallest absolute Gasteiger partial charge is 0.248 e. The lowest BCUT2D eigenvalue weighted by Crippen LogP contribution is -2.76. The number of nitrogens with one attached hydrogen (secondary N) is 1. The van der Waals surface area contributed by atoms with Gasteiger partial charge in [-0.05, 0) is 49.7 Å². The van der Waals surface area contributed by atoms with Crippen LogP contribution in [0.4, 0.5) is 0 Å². The molecule has 2 aromatic carbocycles. The molecule has 2 aromatic rings. The van der Waals surface area contributed by atoms with Crippen LogP contribution < -0.4 is 5.32 Å². The maximum Gasteiger partial charge on any atom is 0.248 e. The first-order valence-corrected chi connectivity index (χ1v) is 14.5. The van der Waals surface area contributed by atoms with E-state index in [1.807, 2.05) is 13.8 Å². The van der Waals surface area contributed by atoms with E-state index in [9.17, 15) is 22.8 Å². The fraction of sp³-hybridized carbons (Fsp3) is 0.400. The van der Waals surface area contributed by atoms with Crippen molar-refractivity contribution in [2.45, 2.75) is 56.4 Å². The Hall–Kier alpha value is -2.37. The van der Waals surface area contributed by atoms with Gasteiger partial charge in [-0.3, -0.25) is 14.4 Å². The normalized spacial score (nSPS) is 22.6. The number of carbonyl (C=O) groups is 3. The molecule has 2 fully saturated rings. The summed E-state index contributed by atoms with van der Waals surface area (Å²) in [5.41, 5.74) is 0.735. The highest BCUT2D eigenvalue weighted by atomic mass is 35.5. The molecular weight excluding hydrogens is 575 g/mol. The van der Waals surface area contributed by atoms with Gasteiger partial charge in [0.1, 0.15) is 23.1 Å². The van der Waals surface area contributed by atoms with Crippen molar-refractivity contribution in [2.75, 3.05) is 13.1 Å². The number of benzene rings is 2. The van der Waals surface area contributed by atoms with Gasteiger partial charge in [-0.1, -0.05) is 46.9 Å². The first-order chi connectivity index (χ1) is 17.8. The average Bonchev–Trinajstić information content (AvgIpc) is 2.84. The van der Waals surface area contributed by atoms with E-state index in [0.717, 1.165) is 9.87 Å². The van der Waals surface area contributed by atoms with E-state index in [2.05, 4.69) is 5.32 Å². The third-order valence-electron chi connectivity index (χ3n) is 6.66. The summed E-state index contributed by atoms with van der Waals surface area (Å²) in [4.78, 5) is 42.1. The summed E-state index contributed by atoms with van der Waals surface area (Å²) in [6, 6.07) is 8.46. The highest BCUT2D eigenvalue weighted by Gasteiger charge is 2.54. The predicted octanol–water partition coefficient (Wildman–Crippen LogP) is 3.17. The van der Waals surface area contributed by atoms with Crippen molar-refractivity contribution in [1.82, 2.24) is 19.4 Å². The van der Waals surface area contributed by atoms with Crippen molar-refractivity contribution in [2.24, 2.45) is 0 Å². The zero-order valence-corrected chi connectivity index (χ0v) is 24.0. The number of halogens is 3. The van der Waals surface area contributed by atoms with Crippen LogP contribution >= 0.6 is 34.8 Å². The maximum absolute atomic E-state index is 14.0. The maximum atomic E-state index is 14.0. The van der Waals surface area contributed by atoms with Crippen LogP contribution in [0, 0.1) is 0 Å². The Kier molecular flexibility index (Phi) is 8.30. The van der Waals surface area contributed by atoms with E-state index in [-0.39, 0.29) is 46.4 Å². The number of nitrogens with zero attached hydrogens (tertiary/aromatic N) is 3. The molecule has 2 aliphatic heterocycles. The highest BCUT2D eigenvalue weighted by molar-refractivity contribution is 7.89. The topological polar surface area (TPSA) is 107 Å². The van der Waals surface area contributed by atoms with Gasteiger partial charge in [-0.15, -0.1) is 0 Å². The molecule has 2 aliphatic rings. The van der Waals surface area contributed by atoms with Gasteiger partial charge < -0.3 is 15.1 Å². The van der Waals surface area contributed by atoms with E-state index in [1.165, 1.54) is 30.0 Å². The van der Waals surface area contributed by atoms with Gasteiger partial charge >= 0.3 is 0 Å². The number of rotatable bonds is 6. The molecule has 0 bridgehead atoms. The molecule has 9 nitrogen and oxygen atoms in total. The number of amides is 3. The first-order valence-electron chi connectivity index (χ1n) is 11.9. The fourth-order valence-electron chi connectivity index (χ4n) is 4.87. The molecule has 2 heterocycles. The number of hydrogen-bond donors (Lipinski definition) is 1. The van der Waals surface area contributed by atoms with Crippen molar-refractivity contribution >= 4 is 62.5 Å². The van der Waals surface area contributed by atoms with Gasteiger partial charge in [0.05, 0.1) is 11.6 Å². The summed E-state index contributed by atoms with van der Waals surface area (Å²) in [5.74, 6) is -1.37. The van der Waals surface area contributed by atoms with Crippen LogP contribution in [-0.4, -0.2) is 77.6 Å². The van der Waals surface area contributed by atoms with Gasteiger partial charge in [0, 0.05) is 36.0 Å². The monoisotopic (exact) mass is 600 g/mol. The largest absolute Gasteiger partial charge is 0.343 e. The zero-order chi connectivity index (χ0) is 27.9. The van der Waals surface area contributed by atoms with Crippen molar-refractivity contribution in [3.63, 3.8) is 0 Å². The van der Waals surface area contributed by atoms with E-state index in [1.54, 1.807) is 29.2 Å². The van der Waals surface area contributed by atoms with Crippen molar-refractivity contribution in [3.8, 4) is 0 Å². The van der Waals surface area contributed by atoms with Crippen molar-refractivity contribution < 1.29 is 22.8 Å². The van der Waals surface area contributed by atoms with Gasteiger partial charge in [0.2, 0.25) is 27.7 Å². The molecule has 0 radical (unpaired) electrons. The fourth-order valence-corrected chi connectivity index (χ4v) is 7.32. The number of sulfonamides is 1. The standard InChI is InChI=1S/C25H27Cl3N4O5S/c1-14(2)30-13-23-31(38(36,37)22-11-18(27)8-9-19(22)28)12-20(29-15(3)33)24(34)32(23)21(25(30)35)10-16-4-6-17(26)7-5-16/h4-9,11,14,20-21,23H,10,12-13H2,1-3H3,(H,29,33). The Bertz CT molecular complexity index is 1370. The number of piperazine rings is 1. The molecule has 0 aliphatic carbocycles. The second-order valence-electron chi connectivity index (χ2n) is 9.56. The number of carbonyl (C=O) groups excluding carboxylic acids is 3. The predicted molar refractivity (Wildman–Crippen MR) is 144 cm³/mol. The van der Waals surface area contributed by atoms with E-state index in [0.29, 0.717) is 5.02 Å². The molecule has 3 amide bonds. The van der Waals surface area contributed by atoms with Crippen LogP contribution in [0.5, 0.6) is 0 Å². The zero-order valence-electron chi connectivity index (χ0n) is 20.9. The summed E-state index contributed by atoms with van der Waals surface area (Å²) in [5, 5.41) is 3.19.